The van der Waals surface area contributed by atoms with Gasteiger partial charge in [0.25, 0.3) is 8.32 Å². The maximum Gasteiger partial charge on any atom is 0.261 e. The number of nitrogens with one attached hydrogen (secondary N) is 1. The molecule has 41 heavy (non-hydrogen) atoms. The minimum Gasteiger partial charge on any atom is -0.403 e. The van der Waals surface area contributed by atoms with Gasteiger partial charge in [-0.3, -0.25) is 0 Å². The van der Waals surface area contributed by atoms with Gasteiger partial charge in [-0.2, -0.15) is 0 Å². The van der Waals surface area contributed by atoms with Gasteiger partial charge in [-0.1, -0.05) is 140 Å². The molecule has 2 atom stereocenters. The molecule has 214 valence electrons. The van der Waals surface area contributed by atoms with Crippen LogP contribution in [-0.2, 0) is 10.0 Å². The Kier molecular flexibility index (Phi) is 8.15. The van der Waals surface area contributed by atoms with Crippen LogP contribution in [0.3, 0.4) is 0 Å². The minimum absolute atomic E-state index is 0.0466. The van der Waals surface area contributed by atoms with E-state index in [1.165, 1.54) is 10.4 Å². The maximum atomic E-state index is 12.9. The van der Waals surface area contributed by atoms with E-state index in [0.717, 1.165) is 33.4 Å². The zero-order valence-corrected chi connectivity index (χ0v) is 26.7. The minimum atomic E-state index is -2.72. The molecule has 1 saturated heterocycles. The standard InChI is InChI=1S/C37H45NO2Si/c1-26-18-27(2)21-30(20-26)37(39,31-22-28(3)19-29(4)23-31)35-24-32(25-38-35)40-41(36(5,6)7,33-14-10-8-11-15-33)34-16-12-9-13-17-34/h8-23,32,35,38-39H,24-25H2,1-7H3/t32-,35+/m1/s1. The molecule has 0 aliphatic carbocycles. The molecule has 5 rings (SSSR count). The van der Waals surface area contributed by atoms with E-state index in [9.17, 15) is 5.11 Å². The number of rotatable bonds is 7. The van der Waals surface area contributed by atoms with Gasteiger partial charge < -0.3 is 14.8 Å². The molecule has 0 saturated carbocycles. The second-order valence-electron chi connectivity index (χ2n) is 13.1. The molecule has 0 aromatic heterocycles. The van der Waals surface area contributed by atoms with Crippen LogP contribution in [0.25, 0.3) is 0 Å². The zero-order valence-electron chi connectivity index (χ0n) is 25.7. The summed E-state index contributed by atoms with van der Waals surface area (Å²) in [5.41, 5.74) is 5.28. The highest BCUT2D eigenvalue weighted by Gasteiger charge is 2.53. The van der Waals surface area contributed by atoms with Gasteiger partial charge in [0.1, 0.15) is 5.60 Å². The van der Waals surface area contributed by atoms with Crippen molar-refractivity contribution in [2.24, 2.45) is 0 Å². The highest BCUT2D eigenvalue weighted by Crippen LogP contribution is 2.42. The summed E-state index contributed by atoms with van der Waals surface area (Å²) in [6.07, 6.45) is 0.663. The van der Waals surface area contributed by atoms with Crippen molar-refractivity contribution in [3.05, 3.63) is 130 Å². The molecule has 2 N–H and O–H groups in total. The second-order valence-corrected chi connectivity index (χ2v) is 17.4. The molecule has 4 aromatic rings. The average Bonchev–Trinajstić information content (AvgIpc) is 3.39. The number of benzene rings is 4. The van der Waals surface area contributed by atoms with E-state index in [1.54, 1.807) is 0 Å². The average molecular weight is 564 g/mol. The van der Waals surface area contributed by atoms with Crippen LogP contribution >= 0.6 is 0 Å². The normalized spacial score (nSPS) is 18.0. The van der Waals surface area contributed by atoms with E-state index in [1.807, 2.05) is 0 Å². The van der Waals surface area contributed by atoms with Crippen molar-refractivity contribution in [1.82, 2.24) is 5.32 Å². The summed E-state index contributed by atoms with van der Waals surface area (Å²) in [6.45, 7) is 16.1. The summed E-state index contributed by atoms with van der Waals surface area (Å²) >= 11 is 0. The third kappa shape index (κ3) is 5.59. The van der Waals surface area contributed by atoms with Crippen LogP contribution in [0.5, 0.6) is 0 Å². The predicted octanol–water partition coefficient (Wildman–Crippen LogP) is 6.46. The molecule has 4 heteroatoms. The molecule has 4 aromatic carbocycles. The van der Waals surface area contributed by atoms with E-state index in [2.05, 4.69) is 151 Å². The highest BCUT2D eigenvalue weighted by atomic mass is 28.4. The molecular formula is C37H45NO2Si. The molecule has 3 nitrogen and oxygen atoms in total. The molecular weight excluding hydrogens is 518 g/mol. The molecule has 0 spiro atoms. The fourth-order valence-electron chi connectivity index (χ4n) is 7.01. The number of aliphatic hydroxyl groups is 1. The van der Waals surface area contributed by atoms with Gasteiger partial charge in [-0.25, -0.2) is 0 Å². The van der Waals surface area contributed by atoms with Crippen LogP contribution < -0.4 is 15.7 Å². The lowest BCUT2D eigenvalue weighted by Gasteiger charge is -2.44. The first-order valence-electron chi connectivity index (χ1n) is 14.9. The molecule has 1 aliphatic heterocycles. The van der Waals surface area contributed by atoms with Crippen LogP contribution in [-0.4, -0.2) is 32.1 Å². The third-order valence-corrected chi connectivity index (χ3v) is 13.8. The zero-order chi connectivity index (χ0) is 29.4. The molecule has 0 unspecified atom stereocenters. The highest BCUT2D eigenvalue weighted by molar-refractivity contribution is 6.99. The first-order valence-corrected chi connectivity index (χ1v) is 16.8. The van der Waals surface area contributed by atoms with Gasteiger partial charge in [-0.15, -0.1) is 0 Å². The molecule has 0 radical (unpaired) electrons. The molecule has 1 aliphatic rings. The molecule has 1 fully saturated rings. The Bertz CT molecular complexity index is 1360. The third-order valence-electron chi connectivity index (χ3n) is 8.68. The van der Waals surface area contributed by atoms with Crippen LogP contribution in [0.1, 0.15) is 60.6 Å². The maximum absolute atomic E-state index is 12.9. The fraction of sp³-hybridized carbons (Fsp3) is 0.351. The van der Waals surface area contributed by atoms with E-state index in [4.69, 9.17) is 4.43 Å². The number of hydrogen-bond donors (Lipinski definition) is 2. The van der Waals surface area contributed by atoms with Gasteiger partial charge in [0.15, 0.2) is 0 Å². The molecule has 0 bridgehead atoms. The number of aryl methyl sites for hydroxylation is 4. The van der Waals surface area contributed by atoms with Gasteiger partial charge in [-0.05, 0) is 60.7 Å². The largest absolute Gasteiger partial charge is 0.403 e. The van der Waals surface area contributed by atoms with Crippen LogP contribution in [0.15, 0.2) is 97.1 Å². The van der Waals surface area contributed by atoms with Gasteiger partial charge in [0.05, 0.1) is 6.10 Å². The predicted molar refractivity (Wildman–Crippen MR) is 174 cm³/mol. The SMILES string of the molecule is Cc1cc(C)cc(C(O)(c2cc(C)cc(C)c2)[C@@H]2C[C@@H](O[Si](c3ccccc3)(c3ccccc3)C(C)(C)C)CN2)c1. The van der Waals surface area contributed by atoms with Crippen LogP contribution in [0.4, 0.5) is 0 Å². The lowest BCUT2D eigenvalue weighted by atomic mass is 9.77. The quantitative estimate of drug-likeness (QED) is 0.254. The Hall–Kier alpha value is -3.02. The van der Waals surface area contributed by atoms with Gasteiger partial charge in [0.2, 0.25) is 0 Å². The topological polar surface area (TPSA) is 41.5 Å². The fourth-order valence-corrected chi connectivity index (χ4v) is 11.7. The molecule has 0 amide bonds. The van der Waals surface area contributed by atoms with Crippen molar-refractivity contribution in [3.8, 4) is 0 Å². The summed E-state index contributed by atoms with van der Waals surface area (Å²) in [7, 11) is -2.72. The van der Waals surface area contributed by atoms with Crippen molar-refractivity contribution < 1.29 is 9.53 Å². The lowest BCUT2D eigenvalue weighted by molar-refractivity contribution is 0.0400. The Morgan fingerprint density at radius 2 is 1.10 bits per heavy atom. The first-order chi connectivity index (χ1) is 19.4. The Labute approximate surface area is 247 Å². The van der Waals surface area contributed by atoms with Crippen molar-refractivity contribution in [2.45, 2.75) is 77.7 Å². The van der Waals surface area contributed by atoms with E-state index in [-0.39, 0.29) is 17.2 Å². The van der Waals surface area contributed by atoms with Crippen molar-refractivity contribution >= 4 is 18.7 Å². The second kappa shape index (κ2) is 11.3. The summed E-state index contributed by atoms with van der Waals surface area (Å²) in [4.78, 5) is 0. The molecule has 1 heterocycles. The van der Waals surface area contributed by atoms with Gasteiger partial charge in [0, 0.05) is 12.6 Å². The van der Waals surface area contributed by atoms with Gasteiger partial charge >= 0.3 is 0 Å². The first kappa shape index (κ1) is 29.5. The summed E-state index contributed by atoms with van der Waals surface area (Å²) in [6, 6.07) is 34.3. The van der Waals surface area contributed by atoms with Crippen molar-refractivity contribution in [3.63, 3.8) is 0 Å². The van der Waals surface area contributed by atoms with Crippen molar-refractivity contribution in [2.75, 3.05) is 6.54 Å². The smallest absolute Gasteiger partial charge is 0.261 e. The summed E-state index contributed by atoms with van der Waals surface area (Å²) in [5.74, 6) is 0. The lowest BCUT2D eigenvalue weighted by Crippen LogP contribution is -2.67. The summed E-state index contributed by atoms with van der Waals surface area (Å²) < 4.78 is 7.49. The summed E-state index contributed by atoms with van der Waals surface area (Å²) in [5, 5.41) is 19.1. The Morgan fingerprint density at radius 3 is 1.49 bits per heavy atom. The van der Waals surface area contributed by atoms with E-state index in [0.29, 0.717) is 13.0 Å². The van der Waals surface area contributed by atoms with Crippen LogP contribution in [0.2, 0.25) is 5.04 Å². The Balaban J connectivity index is 1.59. The number of hydrogen-bond acceptors (Lipinski definition) is 3. The van der Waals surface area contributed by atoms with E-state index >= 15 is 0 Å². The van der Waals surface area contributed by atoms with Crippen LogP contribution in [0, 0.1) is 27.7 Å². The van der Waals surface area contributed by atoms with E-state index < -0.39 is 13.9 Å². The Morgan fingerprint density at radius 1 is 0.683 bits per heavy atom. The monoisotopic (exact) mass is 563 g/mol. The van der Waals surface area contributed by atoms with Crippen molar-refractivity contribution in [1.29, 1.82) is 0 Å².